The van der Waals surface area contributed by atoms with Crippen LogP contribution in [0.3, 0.4) is 0 Å². The highest BCUT2D eigenvalue weighted by atomic mass is 79.9. The fourth-order valence-electron chi connectivity index (χ4n) is 1.93. The molecule has 1 aromatic heterocycles. The number of aryl methyl sites for hydroxylation is 2. The van der Waals surface area contributed by atoms with Crippen LogP contribution in [0, 0.1) is 13.8 Å². The zero-order valence-electron chi connectivity index (χ0n) is 11.9. The molecule has 1 heterocycles. The zero-order valence-corrected chi connectivity index (χ0v) is 14.3. The molecule has 0 aliphatic carbocycles. The lowest BCUT2D eigenvalue weighted by Gasteiger charge is -2.12. The van der Waals surface area contributed by atoms with Gasteiger partial charge in [-0.05, 0) is 43.2 Å². The molecule has 2 N–H and O–H groups in total. The third-order valence-electron chi connectivity index (χ3n) is 2.99. The highest BCUT2D eigenvalue weighted by Crippen LogP contribution is 2.26. The topological polar surface area (TPSA) is 71.1 Å². The molecular formula is C14H16BrN3O2S. The summed E-state index contributed by atoms with van der Waals surface area (Å²) in [7, 11) is -1.95. The van der Waals surface area contributed by atoms with Gasteiger partial charge in [0, 0.05) is 29.5 Å². The Morgan fingerprint density at radius 2 is 1.76 bits per heavy atom. The summed E-state index contributed by atoms with van der Waals surface area (Å²) in [5, 5.41) is 2.82. The number of aromatic nitrogens is 1. The van der Waals surface area contributed by atoms with Crippen LogP contribution in [-0.4, -0.2) is 20.4 Å². The number of hydrogen-bond donors (Lipinski definition) is 2. The standard InChI is InChI=1S/C14H16BrN3O2S/c1-9-6-11(7-10(2)14(9)15)18-21(19,20)12-4-5-17-13(8-12)16-3/h4-8,18H,1-3H3,(H,16,17). The van der Waals surface area contributed by atoms with E-state index in [9.17, 15) is 8.42 Å². The van der Waals surface area contributed by atoms with Crippen LogP contribution in [0.5, 0.6) is 0 Å². The lowest BCUT2D eigenvalue weighted by atomic mass is 10.1. The van der Waals surface area contributed by atoms with Crippen molar-refractivity contribution in [3.05, 3.63) is 46.1 Å². The number of benzene rings is 1. The van der Waals surface area contributed by atoms with Crippen molar-refractivity contribution in [2.45, 2.75) is 18.7 Å². The maximum atomic E-state index is 12.4. The summed E-state index contributed by atoms with van der Waals surface area (Å²) < 4.78 is 28.4. The summed E-state index contributed by atoms with van der Waals surface area (Å²) in [6.07, 6.45) is 1.46. The third kappa shape index (κ3) is 3.54. The Morgan fingerprint density at radius 1 is 1.14 bits per heavy atom. The zero-order chi connectivity index (χ0) is 15.6. The number of hydrogen-bond acceptors (Lipinski definition) is 4. The van der Waals surface area contributed by atoms with Crippen molar-refractivity contribution in [2.24, 2.45) is 0 Å². The van der Waals surface area contributed by atoms with Crippen LogP contribution in [0.2, 0.25) is 0 Å². The summed E-state index contributed by atoms with van der Waals surface area (Å²) in [5.41, 5.74) is 2.48. The van der Waals surface area contributed by atoms with E-state index in [1.54, 1.807) is 19.2 Å². The molecule has 112 valence electrons. The van der Waals surface area contributed by atoms with Gasteiger partial charge in [0.05, 0.1) is 4.90 Å². The van der Waals surface area contributed by atoms with Crippen LogP contribution in [0.4, 0.5) is 11.5 Å². The predicted octanol–water partition coefficient (Wildman–Crippen LogP) is 3.30. The van der Waals surface area contributed by atoms with Crippen LogP contribution < -0.4 is 10.0 Å². The molecule has 1 aromatic carbocycles. The smallest absolute Gasteiger partial charge is 0.262 e. The van der Waals surface area contributed by atoms with Crippen LogP contribution in [0.25, 0.3) is 0 Å². The SMILES string of the molecule is CNc1cc(S(=O)(=O)Nc2cc(C)c(Br)c(C)c2)ccn1. The fourth-order valence-corrected chi connectivity index (χ4v) is 3.22. The second-order valence-corrected chi connectivity index (χ2v) is 7.13. The minimum absolute atomic E-state index is 0.167. The largest absolute Gasteiger partial charge is 0.373 e. The van der Waals surface area contributed by atoms with E-state index in [0.29, 0.717) is 11.5 Å². The quantitative estimate of drug-likeness (QED) is 0.866. The fraction of sp³-hybridized carbons (Fsp3) is 0.214. The molecule has 5 nitrogen and oxygen atoms in total. The average Bonchev–Trinajstić information content (AvgIpc) is 2.44. The van der Waals surface area contributed by atoms with Gasteiger partial charge in [0.1, 0.15) is 5.82 Å². The summed E-state index contributed by atoms with van der Waals surface area (Å²) >= 11 is 3.46. The first-order chi connectivity index (χ1) is 9.83. The van der Waals surface area contributed by atoms with Gasteiger partial charge in [0.15, 0.2) is 0 Å². The van der Waals surface area contributed by atoms with Crippen molar-refractivity contribution in [3.63, 3.8) is 0 Å². The van der Waals surface area contributed by atoms with E-state index in [-0.39, 0.29) is 4.90 Å². The number of sulfonamides is 1. The number of nitrogens with one attached hydrogen (secondary N) is 2. The Labute approximate surface area is 133 Å². The Morgan fingerprint density at radius 3 is 2.33 bits per heavy atom. The number of rotatable bonds is 4. The highest BCUT2D eigenvalue weighted by Gasteiger charge is 2.16. The molecule has 0 radical (unpaired) electrons. The third-order valence-corrected chi connectivity index (χ3v) is 5.62. The van der Waals surface area contributed by atoms with E-state index < -0.39 is 10.0 Å². The Kier molecular flexibility index (Phi) is 4.53. The molecule has 0 unspecified atom stereocenters. The molecule has 2 aromatic rings. The summed E-state index contributed by atoms with van der Waals surface area (Å²) in [6.45, 7) is 3.83. The molecule has 0 fully saturated rings. The van der Waals surface area contributed by atoms with E-state index in [4.69, 9.17) is 0 Å². The molecule has 0 aliphatic heterocycles. The van der Waals surface area contributed by atoms with E-state index in [1.165, 1.54) is 18.3 Å². The monoisotopic (exact) mass is 369 g/mol. The van der Waals surface area contributed by atoms with Gasteiger partial charge in [-0.2, -0.15) is 0 Å². The Balaban J connectivity index is 2.37. The molecule has 0 spiro atoms. The van der Waals surface area contributed by atoms with Crippen molar-refractivity contribution in [1.82, 2.24) is 4.98 Å². The molecule has 0 saturated heterocycles. The second-order valence-electron chi connectivity index (χ2n) is 4.66. The maximum absolute atomic E-state index is 12.4. The van der Waals surface area contributed by atoms with E-state index in [1.807, 2.05) is 13.8 Å². The number of pyridine rings is 1. The van der Waals surface area contributed by atoms with Gasteiger partial charge in [-0.25, -0.2) is 13.4 Å². The van der Waals surface area contributed by atoms with Crippen molar-refractivity contribution in [3.8, 4) is 0 Å². The van der Waals surface area contributed by atoms with Crippen LogP contribution in [0.1, 0.15) is 11.1 Å². The molecule has 0 saturated carbocycles. The molecule has 0 aliphatic rings. The Bertz CT molecular complexity index is 753. The molecular weight excluding hydrogens is 354 g/mol. The molecule has 7 heteroatoms. The second kappa shape index (κ2) is 6.03. The maximum Gasteiger partial charge on any atom is 0.262 e. The molecule has 2 rings (SSSR count). The first-order valence-electron chi connectivity index (χ1n) is 6.27. The predicted molar refractivity (Wildman–Crippen MR) is 88.2 cm³/mol. The van der Waals surface area contributed by atoms with E-state index in [0.717, 1.165) is 15.6 Å². The van der Waals surface area contributed by atoms with E-state index >= 15 is 0 Å². The molecule has 21 heavy (non-hydrogen) atoms. The number of halogens is 1. The van der Waals surface area contributed by atoms with Crippen molar-refractivity contribution < 1.29 is 8.42 Å². The average molecular weight is 370 g/mol. The molecule has 0 atom stereocenters. The van der Waals surface area contributed by atoms with Gasteiger partial charge in [-0.1, -0.05) is 15.9 Å². The van der Waals surface area contributed by atoms with E-state index in [2.05, 4.69) is 31.0 Å². The van der Waals surface area contributed by atoms with Crippen LogP contribution in [-0.2, 0) is 10.0 Å². The van der Waals surface area contributed by atoms with Crippen LogP contribution >= 0.6 is 15.9 Å². The normalized spacial score (nSPS) is 11.2. The van der Waals surface area contributed by atoms with Gasteiger partial charge in [-0.15, -0.1) is 0 Å². The van der Waals surface area contributed by atoms with Crippen molar-refractivity contribution >= 4 is 37.5 Å². The number of nitrogens with zero attached hydrogens (tertiary/aromatic N) is 1. The Hall–Kier alpha value is -1.60. The minimum Gasteiger partial charge on any atom is -0.373 e. The van der Waals surface area contributed by atoms with Gasteiger partial charge in [0.2, 0.25) is 0 Å². The molecule has 0 bridgehead atoms. The lowest BCUT2D eigenvalue weighted by molar-refractivity contribution is 0.601. The lowest BCUT2D eigenvalue weighted by Crippen LogP contribution is -2.13. The summed E-state index contributed by atoms with van der Waals surface area (Å²) in [5.74, 6) is 0.501. The molecule has 0 amide bonds. The van der Waals surface area contributed by atoms with Gasteiger partial charge in [0.25, 0.3) is 10.0 Å². The van der Waals surface area contributed by atoms with Crippen molar-refractivity contribution in [2.75, 3.05) is 17.1 Å². The summed E-state index contributed by atoms with van der Waals surface area (Å²) in [4.78, 5) is 4.18. The first kappa shape index (κ1) is 15.8. The highest BCUT2D eigenvalue weighted by molar-refractivity contribution is 9.10. The minimum atomic E-state index is -3.64. The van der Waals surface area contributed by atoms with Gasteiger partial charge < -0.3 is 5.32 Å². The number of anilines is 2. The van der Waals surface area contributed by atoms with Crippen molar-refractivity contribution in [1.29, 1.82) is 0 Å². The first-order valence-corrected chi connectivity index (χ1v) is 8.54. The summed E-state index contributed by atoms with van der Waals surface area (Å²) in [6, 6.07) is 6.52. The van der Waals surface area contributed by atoms with Gasteiger partial charge in [-0.3, -0.25) is 4.72 Å². The van der Waals surface area contributed by atoms with Crippen LogP contribution in [0.15, 0.2) is 39.8 Å². The van der Waals surface area contributed by atoms with Gasteiger partial charge >= 0.3 is 0 Å².